The van der Waals surface area contributed by atoms with Gasteiger partial charge in [0.1, 0.15) is 10.0 Å². The fraction of sp³-hybridized carbons (Fsp3) is 0.308. The molecule has 0 atom stereocenters. The maximum Gasteiger partial charge on any atom is 0.124 e. The molecule has 0 fully saturated rings. The third-order valence-corrected chi connectivity index (χ3v) is 3.79. The van der Waals surface area contributed by atoms with Crippen LogP contribution in [0.15, 0.2) is 34.7 Å². The summed E-state index contributed by atoms with van der Waals surface area (Å²) in [5.41, 5.74) is 2.72. The zero-order chi connectivity index (χ0) is 11.8. The van der Waals surface area contributed by atoms with E-state index in [2.05, 4.69) is 62.6 Å². The average Bonchev–Trinajstić information content (AvgIpc) is 2.64. The highest BCUT2D eigenvalue weighted by Crippen LogP contribution is 2.28. The molecular weight excluding hydrogens is 234 g/mol. The molecule has 0 aliphatic carbocycles. The van der Waals surface area contributed by atoms with Gasteiger partial charge in [-0.1, -0.05) is 45.0 Å². The first-order chi connectivity index (χ1) is 7.47. The van der Waals surface area contributed by atoms with Gasteiger partial charge in [0.15, 0.2) is 0 Å². The van der Waals surface area contributed by atoms with Gasteiger partial charge in [0.05, 0.1) is 0 Å². The van der Waals surface area contributed by atoms with Gasteiger partial charge in [-0.15, -0.1) is 24.0 Å². The summed E-state index contributed by atoms with van der Waals surface area (Å²) < 4.78 is 0. The van der Waals surface area contributed by atoms with E-state index >= 15 is 0 Å². The Morgan fingerprint density at radius 2 is 1.75 bits per heavy atom. The lowest BCUT2D eigenvalue weighted by atomic mass is 9.87. The quantitative estimate of drug-likeness (QED) is 0.739. The summed E-state index contributed by atoms with van der Waals surface area (Å²) in [6, 6.07) is 8.61. The largest absolute Gasteiger partial charge is 0.230 e. The summed E-state index contributed by atoms with van der Waals surface area (Å²) in [5, 5.41) is 3.78. The maximum atomic E-state index is 4.36. The van der Waals surface area contributed by atoms with Crippen molar-refractivity contribution in [2.75, 3.05) is 0 Å². The van der Waals surface area contributed by atoms with Gasteiger partial charge in [0.25, 0.3) is 0 Å². The zero-order valence-corrected chi connectivity index (χ0v) is 11.4. The van der Waals surface area contributed by atoms with Gasteiger partial charge < -0.3 is 0 Å². The average molecular weight is 249 g/mol. The molecular formula is C13H15NS2. The van der Waals surface area contributed by atoms with Crippen molar-refractivity contribution in [3.63, 3.8) is 0 Å². The summed E-state index contributed by atoms with van der Waals surface area (Å²) in [6.07, 6.45) is 0. The topological polar surface area (TPSA) is 12.9 Å². The van der Waals surface area contributed by atoms with Crippen molar-refractivity contribution in [2.24, 2.45) is 0 Å². The zero-order valence-electron chi connectivity index (χ0n) is 9.69. The van der Waals surface area contributed by atoms with E-state index in [1.807, 2.05) is 5.38 Å². The minimum atomic E-state index is 0.204. The maximum absolute atomic E-state index is 4.36. The number of thiazole rings is 1. The van der Waals surface area contributed by atoms with Gasteiger partial charge in [-0.3, -0.25) is 0 Å². The minimum Gasteiger partial charge on any atom is -0.230 e. The molecule has 2 aromatic rings. The van der Waals surface area contributed by atoms with Crippen molar-refractivity contribution in [2.45, 2.75) is 31.2 Å². The predicted molar refractivity (Wildman–Crippen MR) is 73.5 cm³/mol. The number of thiol groups is 1. The smallest absolute Gasteiger partial charge is 0.124 e. The number of aromatic nitrogens is 1. The number of benzene rings is 1. The van der Waals surface area contributed by atoms with E-state index in [0.717, 1.165) is 10.0 Å². The lowest BCUT2D eigenvalue weighted by molar-refractivity contribution is 0.590. The standard InChI is InChI=1S/C13H15NS2/c1-13(2,3)10-6-4-9(5-7-10)12-14-11(15)8-16-12/h4-8,15H,1-3H3. The van der Waals surface area contributed by atoms with Crippen LogP contribution in [-0.4, -0.2) is 4.98 Å². The van der Waals surface area contributed by atoms with Crippen LogP contribution in [0, 0.1) is 0 Å². The molecule has 0 amide bonds. The Hall–Kier alpha value is -0.800. The molecule has 1 aromatic carbocycles. The van der Waals surface area contributed by atoms with Crippen molar-refractivity contribution < 1.29 is 0 Å². The van der Waals surface area contributed by atoms with Crippen LogP contribution in [0.2, 0.25) is 0 Å². The van der Waals surface area contributed by atoms with Crippen LogP contribution in [0.5, 0.6) is 0 Å². The van der Waals surface area contributed by atoms with E-state index in [-0.39, 0.29) is 5.41 Å². The van der Waals surface area contributed by atoms with Crippen molar-refractivity contribution in [3.05, 3.63) is 35.2 Å². The second kappa shape index (κ2) is 4.22. The van der Waals surface area contributed by atoms with E-state index in [9.17, 15) is 0 Å². The molecule has 0 unspecified atom stereocenters. The minimum absolute atomic E-state index is 0.204. The van der Waals surface area contributed by atoms with E-state index in [4.69, 9.17) is 0 Å². The highest BCUT2D eigenvalue weighted by molar-refractivity contribution is 7.80. The molecule has 0 aliphatic rings. The van der Waals surface area contributed by atoms with Crippen molar-refractivity contribution in [1.82, 2.24) is 4.98 Å². The molecule has 0 spiro atoms. The third-order valence-electron chi connectivity index (χ3n) is 2.49. The Bertz CT molecular complexity index is 477. The summed E-state index contributed by atoms with van der Waals surface area (Å²) in [5.74, 6) is 0. The number of rotatable bonds is 1. The number of hydrogen-bond acceptors (Lipinski definition) is 3. The fourth-order valence-corrected chi connectivity index (χ4v) is 2.53. The van der Waals surface area contributed by atoms with Gasteiger partial charge in [-0.2, -0.15) is 0 Å². The molecule has 0 saturated carbocycles. The molecule has 16 heavy (non-hydrogen) atoms. The van der Waals surface area contributed by atoms with Crippen LogP contribution in [0.1, 0.15) is 26.3 Å². The van der Waals surface area contributed by atoms with Gasteiger partial charge in [0, 0.05) is 10.9 Å². The normalized spacial score (nSPS) is 11.8. The van der Waals surface area contributed by atoms with Gasteiger partial charge >= 0.3 is 0 Å². The second-order valence-corrected chi connectivity index (χ2v) is 6.15. The van der Waals surface area contributed by atoms with E-state index in [0.29, 0.717) is 0 Å². The molecule has 1 heterocycles. The fourth-order valence-electron chi connectivity index (χ4n) is 1.51. The molecule has 0 saturated heterocycles. The summed E-state index contributed by atoms with van der Waals surface area (Å²) in [6.45, 7) is 6.66. The summed E-state index contributed by atoms with van der Waals surface area (Å²) >= 11 is 5.85. The molecule has 1 nitrogen and oxygen atoms in total. The van der Waals surface area contributed by atoms with Crippen molar-refractivity contribution in [1.29, 1.82) is 0 Å². The van der Waals surface area contributed by atoms with E-state index in [1.54, 1.807) is 11.3 Å². The lowest BCUT2D eigenvalue weighted by Gasteiger charge is -2.18. The summed E-state index contributed by atoms with van der Waals surface area (Å²) in [7, 11) is 0. The molecule has 0 N–H and O–H groups in total. The van der Waals surface area contributed by atoms with Crippen LogP contribution in [0.4, 0.5) is 0 Å². The Morgan fingerprint density at radius 3 is 2.19 bits per heavy atom. The first-order valence-electron chi connectivity index (χ1n) is 5.22. The van der Waals surface area contributed by atoms with Gasteiger partial charge in [-0.05, 0) is 11.0 Å². The van der Waals surface area contributed by atoms with Crippen LogP contribution in [0.3, 0.4) is 0 Å². The van der Waals surface area contributed by atoms with Crippen LogP contribution in [0.25, 0.3) is 10.6 Å². The van der Waals surface area contributed by atoms with Crippen LogP contribution >= 0.6 is 24.0 Å². The van der Waals surface area contributed by atoms with E-state index < -0.39 is 0 Å². The van der Waals surface area contributed by atoms with Gasteiger partial charge in [0.2, 0.25) is 0 Å². The number of nitrogens with zero attached hydrogens (tertiary/aromatic N) is 1. The molecule has 84 valence electrons. The Morgan fingerprint density at radius 1 is 1.12 bits per heavy atom. The van der Waals surface area contributed by atoms with Crippen LogP contribution in [-0.2, 0) is 5.41 Å². The first-order valence-corrected chi connectivity index (χ1v) is 6.55. The SMILES string of the molecule is CC(C)(C)c1ccc(-c2nc(S)cs2)cc1. The van der Waals surface area contributed by atoms with Gasteiger partial charge in [-0.25, -0.2) is 4.98 Å². The first kappa shape index (κ1) is 11.7. The third kappa shape index (κ3) is 2.47. The van der Waals surface area contributed by atoms with Crippen molar-refractivity contribution in [3.8, 4) is 10.6 Å². The molecule has 0 radical (unpaired) electrons. The second-order valence-electron chi connectivity index (χ2n) is 4.84. The van der Waals surface area contributed by atoms with E-state index in [1.165, 1.54) is 11.1 Å². The molecule has 0 bridgehead atoms. The summed E-state index contributed by atoms with van der Waals surface area (Å²) in [4.78, 5) is 4.36. The molecule has 0 aliphatic heterocycles. The lowest BCUT2D eigenvalue weighted by Crippen LogP contribution is -2.10. The highest BCUT2D eigenvalue weighted by Gasteiger charge is 2.13. The van der Waals surface area contributed by atoms with Crippen LogP contribution < -0.4 is 0 Å². The molecule has 2 rings (SSSR count). The Kier molecular flexibility index (Phi) is 3.08. The Balaban J connectivity index is 2.33. The highest BCUT2D eigenvalue weighted by atomic mass is 32.1. The molecule has 3 heteroatoms. The monoisotopic (exact) mass is 249 g/mol. The Labute approximate surface area is 106 Å². The van der Waals surface area contributed by atoms with Crippen molar-refractivity contribution >= 4 is 24.0 Å². The predicted octanol–water partition coefficient (Wildman–Crippen LogP) is 4.40. The number of hydrogen-bond donors (Lipinski definition) is 1. The molecule has 1 aromatic heterocycles.